The highest BCUT2D eigenvalue weighted by atomic mass is 127. The van der Waals surface area contributed by atoms with E-state index in [1.165, 1.54) is 5.56 Å². The third-order valence-electron chi connectivity index (χ3n) is 3.83. The van der Waals surface area contributed by atoms with Gasteiger partial charge in [0.15, 0.2) is 17.5 Å². The first kappa shape index (κ1) is 25.8. The van der Waals surface area contributed by atoms with Gasteiger partial charge in [0.2, 0.25) is 0 Å². The molecular weight excluding hydrogens is 457 g/mol. The maximum atomic E-state index is 5.69. The summed E-state index contributed by atoms with van der Waals surface area (Å²) in [7, 11) is 1.71. The Morgan fingerprint density at radius 2 is 1.70 bits per heavy atom. The van der Waals surface area contributed by atoms with Crippen molar-refractivity contribution in [2.45, 2.75) is 46.6 Å². The van der Waals surface area contributed by atoms with Crippen molar-refractivity contribution in [2.75, 3.05) is 40.0 Å². The summed E-state index contributed by atoms with van der Waals surface area (Å²) in [5.41, 5.74) is 0.918. The molecule has 0 aliphatic carbocycles. The van der Waals surface area contributed by atoms with Gasteiger partial charge in [0.25, 0.3) is 0 Å². The molecule has 156 valence electrons. The zero-order chi connectivity index (χ0) is 19.4. The standard InChI is InChI=1S/C20H35N3O3.HI/c1-7-21-19(23-15-20(4,5)24-6)22-13-12-16-10-11-17(25-8-2)18(14-16)26-9-3;/h10-11,14H,7-9,12-13,15H2,1-6H3,(H2,21,22,23);1H. The molecule has 1 rings (SSSR count). The maximum absolute atomic E-state index is 5.69. The fourth-order valence-corrected chi connectivity index (χ4v) is 2.25. The molecule has 0 bridgehead atoms. The summed E-state index contributed by atoms with van der Waals surface area (Å²) in [6.45, 7) is 13.5. The maximum Gasteiger partial charge on any atom is 0.191 e. The zero-order valence-electron chi connectivity index (χ0n) is 17.6. The van der Waals surface area contributed by atoms with Crippen LogP contribution in [0.15, 0.2) is 23.2 Å². The second-order valence-electron chi connectivity index (χ2n) is 6.48. The largest absolute Gasteiger partial charge is 0.490 e. The molecule has 7 heteroatoms. The molecule has 0 aliphatic rings. The van der Waals surface area contributed by atoms with Crippen LogP contribution in [-0.4, -0.2) is 51.5 Å². The number of nitrogens with one attached hydrogen (secondary N) is 2. The summed E-state index contributed by atoms with van der Waals surface area (Å²) < 4.78 is 16.7. The van der Waals surface area contributed by atoms with E-state index in [0.717, 1.165) is 37.0 Å². The van der Waals surface area contributed by atoms with Gasteiger partial charge in [-0.15, -0.1) is 24.0 Å². The van der Waals surface area contributed by atoms with Gasteiger partial charge in [-0.2, -0.15) is 0 Å². The fourth-order valence-electron chi connectivity index (χ4n) is 2.25. The molecule has 0 aromatic heterocycles. The second kappa shape index (κ2) is 13.9. The minimum absolute atomic E-state index is 0. The second-order valence-corrected chi connectivity index (χ2v) is 6.48. The first-order chi connectivity index (χ1) is 12.5. The quantitative estimate of drug-likeness (QED) is 0.280. The summed E-state index contributed by atoms with van der Waals surface area (Å²) in [5.74, 6) is 2.39. The molecule has 0 saturated carbocycles. The normalized spacial score (nSPS) is 11.6. The van der Waals surface area contributed by atoms with Gasteiger partial charge in [-0.3, -0.25) is 4.99 Å². The number of rotatable bonds is 11. The van der Waals surface area contributed by atoms with Gasteiger partial charge in [-0.25, -0.2) is 0 Å². The highest BCUT2D eigenvalue weighted by molar-refractivity contribution is 14.0. The van der Waals surface area contributed by atoms with Crippen LogP contribution >= 0.6 is 24.0 Å². The number of nitrogens with zero attached hydrogens (tertiary/aromatic N) is 1. The zero-order valence-corrected chi connectivity index (χ0v) is 19.9. The van der Waals surface area contributed by atoms with E-state index in [0.29, 0.717) is 19.8 Å². The van der Waals surface area contributed by atoms with Crippen LogP contribution in [0.3, 0.4) is 0 Å². The topological polar surface area (TPSA) is 64.1 Å². The lowest BCUT2D eigenvalue weighted by atomic mass is 10.1. The number of benzene rings is 1. The predicted molar refractivity (Wildman–Crippen MR) is 123 cm³/mol. The van der Waals surface area contributed by atoms with Crippen molar-refractivity contribution in [3.63, 3.8) is 0 Å². The summed E-state index contributed by atoms with van der Waals surface area (Å²) in [6.07, 6.45) is 0.866. The highest BCUT2D eigenvalue weighted by Crippen LogP contribution is 2.28. The van der Waals surface area contributed by atoms with Gasteiger partial charge in [0, 0.05) is 20.2 Å². The van der Waals surface area contributed by atoms with Gasteiger partial charge in [-0.1, -0.05) is 6.07 Å². The lowest BCUT2D eigenvalue weighted by Crippen LogP contribution is -2.40. The number of aliphatic imine (C=N–C) groups is 1. The molecule has 0 spiro atoms. The third-order valence-corrected chi connectivity index (χ3v) is 3.83. The van der Waals surface area contributed by atoms with Crippen LogP contribution in [0.1, 0.15) is 40.2 Å². The summed E-state index contributed by atoms with van der Waals surface area (Å²) in [5, 5.41) is 6.63. The summed E-state index contributed by atoms with van der Waals surface area (Å²) in [4.78, 5) is 4.60. The molecule has 0 aliphatic heterocycles. The van der Waals surface area contributed by atoms with Crippen molar-refractivity contribution in [3.8, 4) is 11.5 Å². The lowest BCUT2D eigenvalue weighted by Gasteiger charge is -2.21. The number of methoxy groups -OCH3 is 1. The summed E-state index contributed by atoms with van der Waals surface area (Å²) >= 11 is 0. The molecule has 0 fully saturated rings. The Labute approximate surface area is 181 Å². The summed E-state index contributed by atoms with van der Waals surface area (Å²) in [6, 6.07) is 6.10. The smallest absolute Gasteiger partial charge is 0.191 e. The Morgan fingerprint density at radius 1 is 1.04 bits per heavy atom. The van der Waals surface area contributed by atoms with E-state index in [2.05, 4.69) is 28.6 Å². The average molecular weight is 493 g/mol. The molecule has 1 aromatic carbocycles. The van der Waals surface area contributed by atoms with Crippen LogP contribution in [-0.2, 0) is 11.2 Å². The molecule has 0 amide bonds. The van der Waals surface area contributed by atoms with E-state index in [-0.39, 0.29) is 29.6 Å². The van der Waals surface area contributed by atoms with Crippen molar-refractivity contribution in [1.29, 1.82) is 0 Å². The molecule has 6 nitrogen and oxygen atoms in total. The first-order valence-corrected chi connectivity index (χ1v) is 9.41. The number of guanidine groups is 1. The monoisotopic (exact) mass is 493 g/mol. The van der Waals surface area contributed by atoms with Crippen molar-refractivity contribution in [3.05, 3.63) is 23.8 Å². The minimum Gasteiger partial charge on any atom is -0.490 e. The molecule has 27 heavy (non-hydrogen) atoms. The molecule has 0 atom stereocenters. The van der Waals surface area contributed by atoms with Crippen LogP contribution in [0.25, 0.3) is 0 Å². The molecule has 1 aromatic rings. The van der Waals surface area contributed by atoms with Crippen molar-refractivity contribution >= 4 is 29.9 Å². The van der Waals surface area contributed by atoms with Gasteiger partial charge in [-0.05, 0) is 58.7 Å². The molecule has 0 radical (unpaired) electrons. The average Bonchev–Trinajstić information content (AvgIpc) is 2.62. The van der Waals surface area contributed by atoms with Gasteiger partial charge >= 0.3 is 0 Å². The van der Waals surface area contributed by atoms with E-state index in [1.54, 1.807) is 7.11 Å². The van der Waals surface area contributed by atoms with E-state index in [4.69, 9.17) is 14.2 Å². The van der Waals surface area contributed by atoms with Crippen molar-refractivity contribution in [1.82, 2.24) is 10.6 Å². The number of hydrogen-bond acceptors (Lipinski definition) is 4. The Bertz CT molecular complexity index is 565. The van der Waals surface area contributed by atoms with Crippen molar-refractivity contribution < 1.29 is 14.2 Å². The van der Waals surface area contributed by atoms with E-state index >= 15 is 0 Å². The molecule has 0 heterocycles. The van der Waals surface area contributed by atoms with Gasteiger partial charge < -0.3 is 24.8 Å². The number of halogens is 1. The van der Waals surface area contributed by atoms with E-state index in [9.17, 15) is 0 Å². The minimum atomic E-state index is -0.274. The van der Waals surface area contributed by atoms with Crippen LogP contribution in [0, 0.1) is 0 Å². The van der Waals surface area contributed by atoms with Crippen LogP contribution in [0.2, 0.25) is 0 Å². The van der Waals surface area contributed by atoms with E-state index < -0.39 is 0 Å². The Hall–Kier alpha value is -1.22. The molecule has 0 unspecified atom stereocenters. The Kier molecular flexibility index (Phi) is 13.2. The van der Waals surface area contributed by atoms with Crippen molar-refractivity contribution in [2.24, 2.45) is 4.99 Å². The van der Waals surface area contributed by atoms with Crippen LogP contribution in [0.4, 0.5) is 0 Å². The SMILES string of the molecule is CCNC(=NCC(C)(C)OC)NCCc1ccc(OCC)c(OCC)c1.I. The van der Waals surface area contributed by atoms with Crippen LogP contribution < -0.4 is 20.1 Å². The fraction of sp³-hybridized carbons (Fsp3) is 0.650. The third kappa shape index (κ3) is 10.0. The highest BCUT2D eigenvalue weighted by Gasteiger charge is 2.15. The lowest BCUT2D eigenvalue weighted by molar-refractivity contribution is 0.0310. The van der Waals surface area contributed by atoms with Gasteiger partial charge in [0.05, 0.1) is 25.4 Å². The predicted octanol–water partition coefficient (Wildman–Crippen LogP) is 3.62. The van der Waals surface area contributed by atoms with Gasteiger partial charge in [0.1, 0.15) is 0 Å². The molecule has 2 N–H and O–H groups in total. The first-order valence-electron chi connectivity index (χ1n) is 9.41. The number of hydrogen-bond donors (Lipinski definition) is 2. The Morgan fingerprint density at radius 3 is 2.30 bits per heavy atom. The number of ether oxygens (including phenoxy) is 3. The molecule has 0 saturated heterocycles. The van der Waals surface area contributed by atoms with Crippen LogP contribution in [0.5, 0.6) is 11.5 Å². The van der Waals surface area contributed by atoms with E-state index in [1.807, 2.05) is 39.8 Å². The molecular formula is C20H36IN3O3. The Balaban J connectivity index is 0.00000676.